The van der Waals surface area contributed by atoms with Gasteiger partial charge in [0, 0.05) is 5.69 Å². The van der Waals surface area contributed by atoms with Gasteiger partial charge in [0.2, 0.25) is 0 Å². The predicted molar refractivity (Wildman–Crippen MR) is 85.5 cm³/mol. The molecule has 2 aromatic rings. The van der Waals surface area contributed by atoms with E-state index in [9.17, 15) is 9.59 Å². The van der Waals surface area contributed by atoms with Gasteiger partial charge in [-0.2, -0.15) is 0 Å². The molecule has 0 unspecified atom stereocenters. The smallest absolute Gasteiger partial charge is 0.311 e. The maximum atomic E-state index is 12.0. The lowest BCUT2D eigenvalue weighted by Crippen LogP contribution is -2.30. The van der Waals surface area contributed by atoms with Crippen LogP contribution >= 0.6 is 0 Å². The molecule has 2 aromatic carbocycles. The normalized spacial score (nSPS) is 11.5. The molecular weight excluding hydrogens is 278 g/mol. The minimum atomic E-state index is -0.836. The molecule has 22 heavy (non-hydrogen) atoms. The lowest BCUT2D eigenvalue weighted by molar-refractivity contribution is -0.152. The number of esters is 1. The van der Waals surface area contributed by atoms with Crippen LogP contribution in [0.15, 0.2) is 54.6 Å². The van der Waals surface area contributed by atoms with Crippen LogP contribution in [0.5, 0.6) is 0 Å². The Kier molecular flexibility index (Phi) is 5.31. The van der Waals surface area contributed by atoms with Crippen molar-refractivity contribution in [3.63, 3.8) is 0 Å². The molecule has 1 N–H and O–H groups in total. The molecule has 0 aromatic heterocycles. The molecule has 0 fully saturated rings. The number of anilines is 1. The van der Waals surface area contributed by atoms with Gasteiger partial charge in [-0.1, -0.05) is 48.0 Å². The second-order valence-corrected chi connectivity index (χ2v) is 5.15. The van der Waals surface area contributed by atoms with E-state index < -0.39 is 12.1 Å². The van der Waals surface area contributed by atoms with Gasteiger partial charge in [-0.3, -0.25) is 9.59 Å². The fraction of sp³-hybridized carbons (Fsp3) is 0.222. The van der Waals surface area contributed by atoms with E-state index in [1.165, 1.54) is 0 Å². The van der Waals surface area contributed by atoms with E-state index >= 15 is 0 Å². The van der Waals surface area contributed by atoms with E-state index in [1.54, 1.807) is 6.92 Å². The molecule has 0 radical (unpaired) electrons. The molecular formula is C18H19NO3. The maximum absolute atomic E-state index is 12.0. The van der Waals surface area contributed by atoms with E-state index in [0.29, 0.717) is 5.69 Å². The summed E-state index contributed by atoms with van der Waals surface area (Å²) in [5, 5.41) is 2.72. The van der Waals surface area contributed by atoms with E-state index in [2.05, 4.69) is 5.32 Å². The minimum absolute atomic E-state index is 0.156. The van der Waals surface area contributed by atoms with Crippen LogP contribution in [-0.4, -0.2) is 18.0 Å². The number of rotatable bonds is 5. The standard InChI is InChI=1S/C18H19NO3/c1-13-8-10-16(11-9-13)19-18(21)14(2)22-17(20)12-15-6-4-3-5-7-15/h3-11,14H,12H2,1-2H3,(H,19,21)/t14-/m1/s1. The summed E-state index contributed by atoms with van der Waals surface area (Å²) in [6.45, 7) is 3.53. The van der Waals surface area contributed by atoms with Gasteiger partial charge in [0.05, 0.1) is 6.42 Å². The first-order chi connectivity index (χ1) is 10.5. The van der Waals surface area contributed by atoms with Crippen LogP contribution in [0.25, 0.3) is 0 Å². The van der Waals surface area contributed by atoms with Crippen molar-refractivity contribution in [3.8, 4) is 0 Å². The number of hydrogen-bond acceptors (Lipinski definition) is 3. The molecule has 0 heterocycles. The first kappa shape index (κ1) is 15.8. The predicted octanol–water partition coefficient (Wildman–Crippen LogP) is 3.11. The molecule has 4 nitrogen and oxygen atoms in total. The summed E-state index contributed by atoms with van der Waals surface area (Å²) in [6, 6.07) is 16.7. The average molecular weight is 297 g/mol. The zero-order valence-corrected chi connectivity index (χ0v) is 12.7. The third-order valence-electron chi connectivity index (χ3n) is 3.19. The van der Waals surface area contributed by atoms with Crippen LogP contribution in [0.1, 0.15) is 18.1 Å². The SMILES string of the molecule is Cc1ccc(NC(=O)[C@@H](C)OC(=O)Cc2ccccc2)cc1. The largest absolute Gasteiger partial charge is 0.452 e. The molecule has 1 atom stereocenters. The number of ether oxygens (including phenoxy) is 1. The molecule has 0 saturated carbocycles. The third-order valence-corrected chi connectivity index (χ3v) is 3.19. The van der Waals surface area contributed by atoms with Gasteiger partial charge in [-0.15, -0.1) is 0 Å². The number of aryl methyl sites for hydroxylation is 1. The molecule has 0 aliphatic rings. The fourth-order valence-corrected chi connectivity index (χ4v) is 1.94. The van der Waals surface area contributed by atoms with E-state index in [-0.39, 0.29) is 12.3 Å². The molecule has 114 valence electrons. The van der Waals surface area contributed by atoms with Crippen LogP contribution in [0.4, 0.5) is 5.69 Å². The first-order valence-electron chi connectivity index (χ1n) is 7.15. The topological polar surface area (TPSA) is 55.4 Å². The summed E-state index contributed by atoms with van der Waals surface area (Å²) in [7, 11) is 0. The molecule has 2 rings (SSSR count). The maximum Gasteiger partial charge on any atom is 0.311 e. The van der Waals surface area contributed by atoms with Crippen molar-refractivity contribution in [1.29, 1.82) is 0 Å². The highest BCUT2D eigenvalue weighted by atomic mass is 16.5. The minimum Gasteiger partial charge on any atom is -0.452 e. The fourth-order valence-electron chi connectivity index (χ4n) is 1.94. The van der Waals surface area contributed by atoms with Crippen molar-refractivity contribution in [3.05, 3.63) is 65.7 Å². The highest BCUT2D eigenvalue weighted by molar-refractivity contribution is 5.95. The van der Waals surface area contributed by atoms with Crippen LogP contribution in [0.2, 0.25) is 0 Å². The van der Waals surface area contributed by atoms with Crippen LogP contribution < -0.4 is 5.32 Å². The van der Waals surface area contributed by atoms with Crippen LogP contribution in [0, 0.1) is 6.92 Å². The first-order valence-corrected chi connectivity index (χ1v) is 7.15. The van der Waals surface area contributed by atoms with Crippen molar-refractivity contribution < 1.29 is 14.3 Å². The molecule has 0 aliphatic heterocycles. The van der Waals surface area contributed by atoms with Gasteiger partial charge in [0.15, 0.2) is 6.10 Å². The van der Waals surface area contributed by atoms with E-state index in [1.807, 2.05) is 61.5 Å². The highest BCUT2D eigenvalue weighted by Gasteiger charge is 2.18. The Hall–Kier alpha value is -2.62. The number of amides is 1. The monoisotopic (exact) mass is 297 g/mol. The summed E-state index contributed by atoms with van der Waals surface area (Å²) < 4.78 is 5.16. The molecule has 0 spiro atoms. The molecule has 0 aliphatic carbocycles. The van der Waals surface area contributed by atoms with Gasteiger partial charge in [0.25, 0.3) is 5.91 Å². The van der Waals surface area contributed by atoms with Crippen molar-refractivity contribution in [2.24, 2.45) is 0 Å². The summed E-state index contributed by atoms with van der Waals surface area (Å²) in [5.74, 6) is -0.761. The highest BCUT2D eigenvalue weighted by Crippen LogP contribution is 2.10. The molecule has 1 amide bonds. The van der Waals surface area contributed by atoms with Crippen LogP contribution in [-0.2, 0) is 20.7 Å². The van der Waals surface area contributed by atoms with Gasteiger partial charge in [-0.05, 0) is 31.5 Å². The number of benzene rings is 2. The Balaban J connectivity index is 1.85. The Labute approximate surface area is 130 Å². The van der Waals surface area contributed by atoms with Crippen LogP contribution in [0.3, 0.4) is 0 Å². The number of nitrogens with one attached hydrogen (secondary N) is 1. The summed E-state index contributed by atoms with van der Waals surface area (Å²) in [5.41, 5.74) is 2.65. The van der Waals surface area contributed by atoms with Crippen molar-refractivity contribution in [2.75, 3.05) is 5.32 Å². The lowest BCUT2D eigenvalue weighted by Gasteiger charge is -2.13. The number of hydrogen-bond donors (Lipinski definition) is 1. The number of carbonyl (C=O) groups is 2. The Morgan fingerprint density at radius 2 is 1.68 bits per heavy atom. The van der Waals surface area contributed by atoms with E-state index in [0.717, 1.165) is 11.1 Å². The second-order valence-electron chi connectivity index (χ2n) is 5.15. The summed E-state index contributed by atoms with van der Waals surface area (Å²) >= 11 is 0. The zero-order chi connectivity index (χ0) is 15.9. The second kappa shape index (κ2) is 7.41. The Morgan fingerprint density at radius 3 is 2.32 bits per heavy atom. The zero-order valence-electron chi connectivity index (χ0n) is 12.7. The molecule has 0 bridgehead atoms. The average Bonchev–Trinajstić information content (AvgIpc) is 2.50. The summed E-state index contributed by atoms with van der Waals surface area (Å²) in [6.07, 6.45) is -0.680. The Bertz CT molecular complexity index is 635. The molecule has 4 heteroatoms. The Morgan fingerprint density at radius 1 is 1.05 bits per heavy atom. The molecule has 0 saturated heterocycles. The lowest BCUT2D eigenvalue weighted by atomic mass is 10.1. The van der Waals surface area contributed by atoms with Gasteiger partial charge >= 0.3 is 5.97 Å². The number of carbonyl (C=O) groups excluding carboxylic acids is 2. The van der Waals surface area contributed by atoms with Gasteiger partial charge < -0.3 is 10.1 Å². The van der Waals surface area contributed by atoms with Crippen molar-refractivity contribution in [1.82, 2.24) is 0 Å². The summed E-state index contributed by atoms with van der Waals surface area (Å²) in [4.78, 5) is 23.8. The van der Waals surface area contributed by atoms with Crippen molar-refractivity contribution >= 4 is 17.6 Å². The van der Waals surface area contributed by atoms with Crippen molar-refractivity contribution in [2.45, 2.75) is 26.4 Å². The third kappa shape index (κ3) is 4.74. The van der Waals surface area contributed by atoms with E-state index in [4.69, 9.17) is 4.74 Å². The quantitative estimate of drug-likeness (QED) is 0.863. The van der Waals surface area contributed by atoms with Gasteiger partial charge in [0.1, 0.15) is 0 Å². The van der Waals surface area contributed by atoms with Gasteiger partial charge in [-0.25, -0.2) is 0 Å².